The highest BCUT2D eigenvalue weighted by Gasteiger charge is 2.26. The Morgan fingerprint density at radius 1 is 1.43 bits per heavy atom. The molecular formula is C16H28N4O3. The summed E-state index contributed by atoms with van der Waals surface area (Å²) < 4.78 is 7.14. The minimum Gasteiger partial charge on any atom is -0.444 e. The number of ether oxygens (including phenoxy) is 1. The van der Waals surface area contributed by atoms with Gasteiger partial charge in [-0.25, -0.2) is 4.79 Å². The Morgan fingerprint density at radius 3 is 2.74 bits per heavy atom. The lowest BCUT2D eigenvalue weighted by Crippen LogP contribution is -2.46. The van der Waals surface area contributed by atoms with Crippen LogP contribution in [-0.4, -0.2) is 57.2 Å². The van der Waals surface area contributed by atoms with Gasteiger partial charge in [0.05, 0.1) is 19.3 Å². The largest absolute Gasteiger partial charge is 0.444 e. The fraction of sp³-hybridized carbons (Fsp3) is 0.750. The minimum atomic E-state index is -0.444. The molecule has 2 heterocycles. The molecule has 0 saturated carbocycles. The Hall–Kier alpha value is -1.60. The molecule has 0 bridgehead atoms. The van der Waals surface area contributed by atoms with Gasteiger partial charge in [0.2, 0.25) is 0 Å². The lowest BCUT2D eigenvalue weighted by molar-refractivity contribution is 0.0198. The normalized spacial score (nSPS) is 16.6. The number of hydrogen-bond donors (Lipinski definition) is 2. The number of aromatic nitrogens is 2. The number of amides is 1. The number of aliphatic hydroxyl groups excluding tert-OH is 1. The van der Waals surface area contributed by atoms with Crippen molar-refractivity contribution in [1.29, 1.82) is 0 Å². The van der Waals surface area contributed by atoms with E-state index in [2.05, 4.69) is 10.4 Å². The second kappa shape index (κ2) is 7.79. The van der Waals surface area contributed by atoms with Gasteiger partial charge < -0.3 is 20.1 Å². The number of carbonyl (C=O) groups excluding carboxylic acids is 1. The predicted octanol–water partition coefficient (Wildman–Crippen LogP) is 1.36. The van der Waals surface area contributed by atoms with E-state index in [9.17, 15) is 4.79 Å². The summed E-state index contributed by atoms with van der Waals surface area (Å²) in [6, 6.07) is 0.398. The lowest BCUT2D eigenvalue weighted by Gasteiger charge is -2.33. The van der Waals surface area contributed by atoms with Crippen LogP contribution >= 0.6 is 0 Å². The lowest BCUT2D eigenvalue weighted by atomic mass is 10.1. The fourth-order valence-electron chi connectivity index (χ4n) is 2.58. The van der Waals surface area contributed by atoms with Crippen molar-refractivity contribution < 1.29 is 14.6 Å². The fourth-order valence-corrected chi connectivity index (χ4v) is 2.58. The average molecular weight is 324 g/mol. The third-order valence-electron chi connectivity index (χ3n) is 3.76. The van der Waals surface area contributed by atoms with E-state index in [0.717, 1.165) is 38.0 Å². The molecule has 0 aromatic carbocycles. The maximum absolute atomic E-state index is 12.0. The van der Waals surface area contributed by atoms with Crippen LogP contribution in [-0.2, 0) is 17.8 Å². The van der Waals surface area contributed by atoms with Crippen LogP contribution in [0.2, 0.25) is 0 Å². The molecule has 1 aliphatic rings. The molecule has 0 spiro atoms. The van der Waals surface area contributed by atoms with E-state index in [4.69, 9.17) is 9.84 Å². The van der Waals surface area contributed by atoms with Crippen molar-refractivity contribution in [1.82, 2.24) is 20.0 Å². The van der Waals surface area contributed by atoms with Crippen LogP contribution in [0.5, 0.6) is 0 Å². The standard InChI is InChI=1S/C16H28N4O3/c1-16(2,3)23-15(22)19-6-4-14(5-7-19)17-10-13-11-18-20(12-13)8-9-21/h11-12,14,17,21H,4-10H2,1-3H3. The summed E-state index contributed by atoms with van der Waals surface area (Å²) in [6.07, 6.45) is 5.38. The Labute approximate surface area is 137 Å². The number of piperidine rings is 1. The van der Waals surface area contributed by atoms with Crippen molar-refractivity contribution in [3.63, 3.8) is 0 Å². The first kappa shape index (κ1) is 17.7. The molecule has 1 aliphatic heterocycles. The first-order valence-electron chi connectivity index (χ1n) is 8.21. The van der Waals surface area contributed by atoms with E-state index in [1.807, 2.05) is 33.2 Å². The molecule has 2 N–H and O–H groups in total. The zero-order valence-corrected chi connectivity index (χ0v) is 14.3. The molecule has 2 rings (SSSR count). The van der Waals surface area contributed by atoms with E-state index < -0.39 is 5.60 Å². The van der Waals surface area contributed by atoms with E-state index >= 15 is 0 Å². The summed E-state index contributed by atoms with van der Waals surface area (Å²) in [5, 5.41) is 16.6. The van der Waals surface area contributed by atoms with E-state index in [1.54, 1.807) is 9.58 Å². The second-order valence-electron chi connectivity index (χ2n) is 6.96. The molecule has 130 valence electrons. The Balaban J connectivity index is 1.71. The van der Waals surface area contributed by atoms with Crippen molar-refractivity contribution in [2.75, 3.05) is 19.7 Å². The molecular weight excluding hydrogens is 296 g/mol. The van der Waals surface area contributed by atoms with Crippen molar-refractivity contribution in [3.05, 3.63) is 18.0 Å². The van der Waals surface area contributed by atoms with Gasteiger partial charge in [-0.05, 0) is 33.6 Å². The number of nitrogens with one attached hydrogen (secondary N) is 1. The third-order valence-corrected chi connectivity index (χ3v) is 3.76. The number of likely N-dealkylation sites (tertiary alicyclic amines) is 1. The zero-order chi connectivity index (χ0) is 16.9. The van der Waals surface area contributed by atoms with Crippen molar-refractivity contribution in [3.8, 4) is 0 Å². The van der Waals surface area contributed by atoms with Crippen molar-refractivity contribution in [2.45, 2.75) is 58.3 Å². The van der Waals surface area contributed by atoms with Crippen LogP contribution in [0.15, 0.2) is 12.4 Å². The van der Waals surface area contributed by atoms with Crippen LogP contribution < -0.4 is 5.32 Å². The van der Waals surface area contributed by atoms with Gasteiger partial charge in [0.25, 0.3) is 0 Å². The van der Waals surface area contributed by atoms with Crippen LogP contribution in [0.4, 0.5) is 4.79 Å². The van der Waals surface area contributed by atoms with Crippen LogP contribution in [0.1, 0.15) is 39.2 Å². The summed E-state index contributed by atoms with van der Waals surface area (Å²) in [4.78, 5) is 13.8. The molecule has 7 heteroatoms. The van der Waals surface area contributed by atoms with Crippen molar-refractivity contribution in [2.24, 2.45) is 0 Å². The van der Waals surface area contributed by atoms with Gasteiger partial charge in [0, 0.05) is 37.4 Å². The SMILES string of the molecule is CC(C)(C)OC(=O)N1CCC(NCc2cnn(CCO)c2)CC1. The van der Waals surface area contributed by atoms with Crippen LogP contribution in [0.25, 0.3) is 0 Å². The van der Waals surface area contributed by atoms with Crippen molar-refractivity contribution >= 4 is 6.09 Å². The highest BCUT2D eigenvalue weighted by molar-refractivity contribution is 5.68. The molecule has 0 aliphatic carbocycles. The van der Waals surface area contributed by atoms with Gasteiger partial charge in [-0.15, -0.1) is 0 Å². The van der Waals surface area contributed by atoms with Gasteiger partial charge in [-0.2, -0.15) is 5.10 Å². The predicted molar refractivity (Wildman–Crippen MR) is 87.0 cm³/mol. The highest BCUT2D eigenvalue weighted by Crippen LogP contribution is 2.15. The molecule has 1 aromatic rings. The monoisotopic (exact) mass is 324 g/mol. The van der Waals surface area contributed by atoms with Crippen LogP contribution in [0.3, 0.4) is 0 Å². The molecule has 1 fully saturated rings. The second-order valence-corrected chi connectivity index (χ2v) is 6.96. The maximum atomic E-state index is 12.0. The van der Waals surface area contributed by atoms with Gasteiger partial charge in [0.1, 0.15) is 5.60 Å². The van der Waals surface area contributed by atoms with E-state index in [1.165, 1.54) is 0 Å². The molecule has 23 heavy (non-hydrogen) atoms. The molecule has 1 aromatic heterocycles. The van der Waals surface area contributed by atoms with Gasteiger partial charge in [0.15, 0.2) is 0 Å². The summed E-state index contributed by atoms with van der Waals surface area (Å²) >= 11 is 0. The smallest absolute Gasteiger partial charge is 0.410 e. The Morgan fingerprint density at radius 2 is 2.13 bits per heavy atom. The molecule has 1 saturated heterocycles. The number of rotatable bonds is 5. The molecule has 0 radical (unpaired) electrons. The topological polar surface area (TPSA) is 79.6 Å². The summed E-state index contributed by atoms with van der Waals surface area (Å²) in [5.74, 6) is 0. The molecule has 0 atom stereocenters. The van der Waals surface area contributed by atoms with Crippen LogP contribution in [0, 0.1) is 0 Å². The average Bonchev–Trinajstić information content (AvgIpc) is 2.92. The van der Waals surface area contributed by atoms with Gasteiger partial charge in [-0.3, -0.25) is 4.68 Å². The van der Waals surface area contributed by atoms with Gasteiger partial charge in [-0.1, -0.05) is 0 Å². The number of hydrogen-bond acceptors (Lipinski definition) is 5. The molecule has 7 nitrogen and oxygen atoms in total. The summed E-state index contributed by atoms with van der Waals surface area (Å²) in [7, 11) is 0. The van der Waals surface area contributed by atoms with E-state index in [-0.39, 0.29) is 12.7 Å². The number of carbonyl (C=O) groups is 1. The third kappa shape index (κ3) is 5.84. The summed E-state index contributed by atoms with van der Waals surface area (Å²) in [5.41, 5.74) is 0.661. The Bertz CT molecular complexity index is 502. The maximum Gasteiger partial charge on any atom is 0.410 e. The van der Waals surface area contributed by atoms with E-state index in [0.29, 0.717) is 12.6 Å². The first-order chi connectivity index (χ1) is 10.9. The number of aliphatic hydroxyl groups is 1. The molecule has 0 unspecified atom stereocenters. The first-order valence-corrected chi connectivity index (χ1v) is 8.21. The Kier molecular flexibility index (Phi) is 6.01. The number of nitrogens with zero attached hydrogens (tertiary/aromatic N) is 3. The summed E-state index contributed by atoms with van der Waals surface area (Å²) in [6.45, 7) is 8.46. The minimum absolute atomic E-state index is 0.0949. The zero-order valence-electron chi connectivity index (χ0n) is 14.3. The highest BCUT2D eigenvalue weighted by atomic mass is 16.6. The quantitative estimate of drug-likeness (QED) is 0.855. The molecule has 1 amide bonds. The van der Waals surface area contributed by atoms with Gasteiger partial charge >= 0.3 is 6.09 Å².